The van der Waals surface area contributed by atoms with Crippen LogP contribution in [0.2, 0.25) is 5.02 Å². The molecule has 0 aliphatic heterocycles. The van der Waals surface area contributed by atoms with Crippen molar-refractivity contribution in [1.82, 2.24) is 10.2 Å². The molecular formula is C31H33ClF3N3O4S. The summed E-state index contributed by atoms with van der Waals surface area (Å²) < 4.78 is 69.3. The molecule has 1 saturated carbocycles. The van der Waals surface area contributed by atoms with Crippen LogP contribution in [0.3, 0.4) is 0 Å². The first-order valence-electron chi connectivity index (χ1n) is 13.9. The van der Waals surface area contributed by atoms with Crippen molar-refractivity contribution in [2.75, 3.05) is 10.8 Å². The summed E-state index contributed by atoms with van der Waals surface area (Å²) in [7, 11) is -4.50. The lowest BCUT2D eigenvalue weighted by Crippen LogP contribution is -2.52. The zero-order valence-electron chi connectivity index (χ0n) is 23.8. The van der Waals surface area contributed by atoms with Gasteiger partial charge in [-0.1, -0.05) is 60.3 Å². The molecule has 1 fully saturated rings. The van der Waals surface area contributed by atoms with E-state index in [0.29, 0.717) is 21.0 Å². The third kappa shape index (κ3) is 8.08. The molecule has 1 unspecified atom stereocenters. The van der Waals surface area contributed by atoms with Gasteiger partial charge in [0.2, 0.25) is 11.8 Å². The number of rotatable bonds is 10. The number of benzene rings is 3. The first kappa shape index (κ1) is 32.3. The quantitative estimate of drug-likeness (QED) is 0.282. The van der Waals surface area contributed by atoms with Crippen LogP contribution in [-0.2, 0) is 32.3 Å². The molecule has 3 aromatic carbocycles. The molecule has 1 aliphatic rings. The van der Waals surface area contributed by atoms with Gasteiger partial charge in [-0.25, -0.2) is 8.42 Å². The van der Waals surface area contributed by atoms with Crippen LogP contribution in [0.1, 0.15) is 49.3 Å². The van der Waals surface area contributed by atoms with Gasteiger partial charge in [0.15, 0.2) is 0 Å². The van der Waals surface area contributed by atoms with Crippen LogP contribution in [0, 0.1) is 6.92 Å². The fourth-order valence-corrected chi connectivity index (χ4v) is 6.50. The number of amides is 2. The van der Waals surface area contributed by atoms with Gasteiger partial charge >= 0.3 is 6.18 Å². The lowest BCUT2D eigenvalue weighted by atomic mass is 10.1. The highest BCUT2D eigenvalue weighted by Crippen LogP contribution is 2.33. The molecule has 12 heteroatoms. The number of nitrogens with one attached hydrogen (secondary N) is 1. The molecule has 3 aromatic rings. The third-order valence-corrected chi connectivity index (χ3v) is 9.52. The van der Waals surface area contributed by atoms with Gasteiger partial charge in [0.25, 0.3) is 10.0 Å². The summed E-state index contributed by atoms with van der Waals surface area (Å²) in [6.45, 7) is 2.40. The van der Waals surface area contributed by atoms with Crippen molar-refractivity contribution in [1.29, 1.82) is 0 Å². The van der Waals surface area contributed by atoms with Crippen molar-refractivity contribution in [3.63, 3.8) is 0 Å². The number of aryl methyl sites for hydroxylation is 1. The zero-order valence-corrected chi connectivity index (χ0v) is 25.3. The van der Waals surface area contributed by atoms with Crippen LogP contribution in [-0.4, -0.2) is 43.8 Å². The molecule has 0 saturated heterocycles. The van der Waals surface area contributed by atoms with E-state index in [2.05, 4.69) is 5.32 Å². The Hall–Kier alpha value is -3.57. The van der Waals surface area contributed by atoms with E-state index >= 15 is 0 Å². The zero-order chi connectivity index (χ0) is 31.4. The second-order valence-corrected chi connectivity index (χ2v) is 13.0. The van der Waals surface area contributed by atoms with Crippen molar-refractivity contribution in [3.05, 3.63) is 94.5 Å². The minimum absolute atomic E-state index is 0.0223. The number of sulfonamides is 1. The van der Waals surface area contributed by atoms with Gasteiger partial charge in [-0.3, -0.25) is 13.9 Å². The van der Waals surface area contributed by atoms with Crippen molar-refractivity contribution in [2.24, 2.45) is 0 Å². The Morgan fingerprint density at radius 1 is 1.00 bits per heavy atom. The fraction of sp³-hybridized carbons (Fsp3) is 0.355. The topological polar surface area (TPSA) is 86.8 Å². The predicted octanol–water partition coefficient (Wildman–Crippen LogP) is 6.34. The summed E-state index contributed by atoms with van der Waals surface area (Å²) in [5, 5.41) is 3.43. The molecule has 0 heterocycles. The SMILES string of the molecule is Cc1ccc(S(=O)(=O)N(CC(=O)N(Cc2ccc(Cl)cc2)C(C)C(=O)NC2CCCC2)c2cccc(C(F)(F)F)c2)cc1. The number of anilines is 1. The number of halogens is 4. The second-order valence-electron chi connectivity index (χ2n) is 10.7. The lowest BCUT2D eigenvalue weighted by Gasteiger charge is -2.32. The Labute approximate surface area is 254 Å². The van der Waals surface area contributed by atoms with Gasteiger partial charge in [-0.2, -0.15) is 13.2 Å². The number of hydrogen-bond acceptors (Lipinski definition) is 4. The van der Waals surface area contributed by atoms with Crippen LogP contribution in [0.25, 0.3) is 0 Å². The molecule has 2 amide bonds. The molecule has 1 N–H and O–H groups in total. The van der Waals surface area contributed by atoms with Gasteiger partial charge in [0.1, 0.15) is 12.6 Å². The number of carbonyl (C=O) groups excluding carboxylic acids is 2. The van der Waals surface area contributed by atoms with Gasteiger partial charge in [0, 0.05) is 17.6 Å². The Balaban J connectivity index is 1.73. The first-order chi connectivity index (χ1) is 20.3. The van der Waals surface area contributed by atoms with Crippen LogP contribution in [0.15, 0.2) is 77.7 Å². The normalized spacial score (nSPS) is 14.7. The number of carbonyl (C=O) groups is 2. The maximum atomic E-state index is 14.0. The highest BCUT2D eigenvalue weighted by atomic mass is 35.5. The van der Waals surface area contributed by atoms with E-state index < -0.39 is 46.2 Å². The van der Waals surface area contributed by atoms with E-state index in [1.54, 1.807) is 50.2 Å². The monoisotopic (exact) mass is 635 g/mol. The van der Waals surface area contributed by atoms with Crippen molar-refractivity contribution in [3.8, 4) is 0 Å². The maximum Gasteiger partial charge on any atom is 0.416 e. The molecule has 7 nitrogen and oxygen atoms in total. The van der Waals surface area contributed by atoms with Crippen molar-refractivity contribution < 1.29 is 31.2 Å². The van der Waals surface area contributed by atoms with Crippen LogP contribution in [0.5, 0.6) is 0 Å². The summed E-state index contributed by atoms with van der Waals surface area (Å²) >= 11 is 6.02. The number of hydrogen-bond donors (Lipinski definition) is 1. The average Bonchev–Trinajstić information content (AvgIpc) is 3.48. The van der Waals surface area contributed by atoms with E-state index in [-0.39, 0.29) is 23.2 Å². The standard InChI is InChI=1S/C31H33ClF3N3O4S/c1-21-10-16-28(17-11-21)43(41,42)38(27-9-5-6-24(18-27)31(33,34)35)20-29(39)37(19-23-12-14-25(32)15-13-23)22(2)30(40)36-26-7-3-4-8-26/h5-6,9-18,22,26H,3-4,7-8,19-20H2,1-2H3,(H,36,40). The number of nitrogens with zero attached hydrogens (tertiary/aromatic N) is 2. The van der Waals surface area contributed by atoms with Crippen LogP contribution in [0.4, 0.5) is 18.9 Å². The Bertz CT molecular complexity index is 1540. The highest BCUT2D eigenvalue weighted by Gasteiger charge is 2.35. The summed E-state index contributed by atoms with van der Waals surface area (Å²) in [4.78, 5) is 28.3. The molecule has 230 valence electrons. The molecule has 4 rings (SSSR count). The molecular weight excluding hydrogens is 603 g/mol. The maximum absolute atomic E-state index is 14.0. The molecule has 43 heavy (non-hydrogen) atoms. The summed E-state index contributed by atoms with van der Waals surface area (Å²) in [5.41, 5.74) is 0.00398. The summed E-state index contributed by atoms with van der Waals surface area (Å²) in [6, 6.07) is 15.2. The summed E-state index contributed by atoms with van der Waals surface area (Å²) in [5.74, 6) is -1.17. The lowest BCUT2D eigenvalue weighted by molar-refractivity contribution is -0.139. The van der Waals surface area contributed by atoms with Crippen LogP contribution >= 0.6 is 11.6 Å². The second kappa shape index (κ2) is 13.4. The molecule has 0 aromatic heterocycles. The van der Waals surface area contributed by atoms with E-state index in [0.717, 1.165) is 43.4 Å². The van der Waals surface area contributed by atoms with E-state index in [9.17, 15) is 31.2 Å². The van der Waals surface area contributed by atoms with Gasteiger partial charge < -0.3 is 10.2 Å². The highest BCUT2D eigenvalue weighted by molar-refractivity contribution is 7.92. The van der Waals surface area contributed by atoms with Gasteiger partial charge in [-0.05, 0) is 74.7 Å². The molecule has 0 radical (unpaired) electrons. The van der Waals surface area contributed by atoms with Crippen LogP contribution < -0.4 is 9.62 Å². The van der Waals surface area contributed by atoms with E-state index in [1.807, 2.05) is 0 Å². The average molecular weight is 636 g/mol. The third-order valence-electron chi connectivity index (χ3n) is 7.48. The predicted molar refractivity (Wildman–Crippen MR) is 159 cm³/mol. The molecule has 0 bridgehead atoms. The van der Waals surface area contributed by atoms with Crippen molar-refractivity contribution in [2.45, 2.75) is 69.2 Å². The number of alkyl halides is 3. The Kier molecular flexibility index (Phi) is 10.1. The minimum Gasteiger partial charge on any atom is -0.352 e. The minimum atomic E-state index is -4.74. The molecule has 0 spiro atoms. The Morgan fingerprint density at radius 2 is 1.63 bits per heavy atom. The van der Waals surface area contributed by atoms with Gasteiger partial charge in [-0.15, -0.1) is 0 Å². The Morgan fingerprint density at radius 3 is 2.23 bits per heavy atom. The smallest absolute Gasteiger partial charge is 0.352 e. The van der Waals surface area contributed by atoms with Gasteiger partial charge in [0.05, 0.1) is 16.1 Å². The largest absolute Gasteiger partial charge is 0.416 e. The van der Waals surface area contributed by atoms with E-state index in [4.69, 9.17) is 11.6 Å². The first-order valence-corrected chi connectivity index (χ1v) is 15.7. The molecule has 1 atom stereocenters. The van der Waals surface area contributed by atoms with Crippen molar-refractivity contribution >= 4 is 39.1 Å². The molecule has 1 aliphatic carbocycles. The summed E-state index contributed by atoms with van der Waals surface area (Å²) in [6.07, 6.45) is -1.14. The van der Waals surface area contributed by atoms with E-state index in [1.165, 1.54) is 23.1 Å². The fourth-order valence-electron chi connectivity index (χ4n) is 4.96.